The first kappa shape index (κ1) is 21.6. The van der Waals surface area contributed by atoms with Crippen molar-refractivity contribution in [1.82, 2.24) is 0 Å². The van der Waals surface area contributed by atoms with Crippen LogP contribution in [0.25, 0.3) is 0 Å². The van der Waals surface area contributed by atoms with Crippen LogP contribution < -0.4 is 5.73 Å². The maximum Gasteiger partial charge on any atom is 0.466 e. The molecule has 0 heterocycles. The van der Waals surface area contributed by atoms with E-state index in [9.17, 15) is 14.2 Å². The molecule has 10 N–H and O–H groups in total. The maximum atomic E-state index is 10.7. The highest BCUT2D eigenvalue weighted by Crippen LogP contribution is 2.69. The quantitative estimate of drug-likeness (QED) is 0.241. The van der Waals surface area contributed by atoms with Gasteiger partial charge in [0, 0.05) is 6.42 Å². The molecule has 0 saturated carbocycles. The second-order valence-electron chi connectivity index (χ2n) is 3.27. The summed E-state index contributed by atoms with van der Waals surface area (Å²) < 4.78 is 30.3. The third kappa shape index (κ3) is 8.98. The zero-order chi connectivity index (χ0) is 16.1. The van der Waals surface area contributed by atoms with Crippen LogP contribution in [0.1, 0.15) is 12.8 Å². The third-order valence-electron chi connectivity index (χ3n) is 1.65. The van der Waals surface area contributed by atoms with Gasteiger partial charge in [0.05, 0.1) is 0 Å². The Morgan fingerprint density at radius 2 is 1.11 bits per heavy atom. The second kappa shape index (κ2) is 7.37. The van der Waals surface area contributed by atoms with E-state index in [1.807, 2.05) is 0 Å². The highest BCUT2D eigenvalue weighted by Gasteiger charge is 2.58. The molecule has 12 nitrogen and oxygen atoms in total. The predicted octanol–water partition coefficient (Wildman–Crippen LogP) is -2.20. The van der Waals surface area contributed by atoms with Gasteiger partial charge < -0.3 is 45.1 Å². The number of nitrogens with two attached hydrogens (primary N) is 1. The van der Waals surface area contributed by atoms with Crippen LogP contribution in [0.4, 0.5) is 0 Å². The fraction of sp³-hybridized carbons (Fsp3) is 1.00. The lowest BCUT2D eigenvalue weighted by Gasteiger charge is -2.28. The molecule has 0 aliphatic rings. The fourth-order valence-corrected chi connectivity index (χ4v) is 3.06. The largest absolute Gasteiger partial charge is 0.466 e. The molecule has 15 heteroatoms. The molecule has 0 aromatic heterocycles. The van der Waals surface area contributed by atoms with E-state index >= 15 is 0 Å². The minimum Gasteiger partial charge on any atom is -0.368 e. The van der Waals surface area contributed by atoms with Gasteiger partial charge in [0.25, 0.3) is 5.08 Å². The summed E-state index contributed by atoms with van der Waals surface area (Å²) in [7, 11) is -15.2. The molecule has 19 heavy (non-hydrogen) atoms. The van der Waals surface area contributed by atoms with E-state index in [1.165, 1.54) is 0 Å². The average molecular weight is 347 g/mol. The van der Waals surface area contributed by atoms with E-state index in [-0.39, 0.29) is 13.0 Å². The van der Waals surface area contributed by atoms with Crippen LogP contribution in [0.15, 0.2) is 0 Å². The smallest absolute Gasteiger partial charge is 0.368 e. The van der Waals surface area contributed by atoms with E-state index in [0.29, 0.717) is 0 Å². The van der Waals surface area contributed by atoms with Crippen molar-refractivity contribution in [1.29, 1.82) is 0 Å². The molecular formula is C4H16NO11P3. The van der Waals surface area contributed by atoms with Gasteiger partial charge in [0.1, 0.15) is 0 Å². The predicted molar refractivity (Wildman–Crippen MR) is 61.6 cm³/mol. The SMILES string of the molecule is NCCCC(O)(P(=O)(O)O)P(=O)(O)O.O=P(O)(O)O. The number of hydrogen-bond donors (Lipinski definition) is 9. The molecule has 0 spiro atoms. The van der Waals surface area contributed by atoms with Gasteiger partial charge in [0.15, 0.2) is 0 Å². The molecule has 0 radical (unpaired) electrons. The molecule has 0 saturated heterocycles. The number of hydrogen-bond acceptors (Lipinski definition) is 5. The average Bonchev–Trinajstić information content (AvgIpc) is 2.07. The third-order valence-corrected chi connectivity index (χ3v) is 5.53. The zero-order valence-electron chi connectivity index (χ0n) is 9.34. The monoisotopic (exact) mass is 347 g/mol. The summed E-state index contributed by atoms with van der Waals surface area (Å²) >= 11 is 0. The first-order valence-corrected chi connectivity index (χ1v) is 9.17. The Labute approximate surface area is 107 Å². The maximum absolute atomic E-state index is 10.7. The van der Waals surface area contributed by atoms with Gasteiger partial charge in [0.2, 0.25) is 0 Å². The number of phosphoric acid groups is 1. The van der Waals surface area contributed by atoms with Crippen molar-refractivity contribution < 1.29 is 53.1 Å². The topological polar surface area (TPSA) is 239 Å². The van der Waals surface area contributed by atoms with Gasteiger partial charge in [-0.15, -0.1) is 0 Å². The first-order valence-electron chi connectivity index (χ1n) is 4.38. The van der Waals surface area contributed by atoms with Crippen molar-refractivity contribution in [3.8, 4) is 0 Å². The minimum atomic E-state index is -5.30. The summed E-state index contributed by atoms with van der Waals surface area (Å²) in [6.45, 7) is -0.0394. The van der Waals surface area contributed by atoms with Crippen LogP contribution in [0, 0.1) is 0 Å². The van der Waals surface area contributed by atoms with Crippen LogP contribution in [-0.2, 0) is 13.7 Å². The second-order valence-corrected chi connectivity index (χ2v) is 8.30. The summed E-state index contributed by atoms with van der Waals surface area (Å²) in [6.07, 6.45) is -0.856. The molecule has 0 aromatic carbocycles. The van der Waals surface area contributed by atoms with Crippen molar-refractivity contribution in [2.45, 2.75) is 17.9 Å². The van der Waals surface area contributed by atoms with E-state index < -0.39 is 34.5 Å². The molecule has 0 aromatic rings. The number of aliphatic hydroxyl groups is 1. The number of rotatable bonds is 5. The Balaban J connectivity index is 0. The molecule has 0 aliphatic heterocycles. The summed E-state index contributed by atoms with van der Waals surface area (Å²) in [6, 6.07) is 0. The van der Waals surface area contributed by atoms with Crippen LogP contribution in [-0.4, -0.2) is 51.0 Å². The summed E-state index contributed by atoms with van der Waals surface area (Å²) in [5.74, 6) is 0. The fourth-order valence-electron chi connectivity index (χ4n) is 0.800. The lowest BCUT2D eigenvalue weighted by atomic mass is 10.3. The van der Waals surface area contributed by atoms with Crippen LogP contribution in [0.5, 0.6) is 0 Å². The van der Waals surface area contributed by atoms with E-state index in [0.717, 1.165) is 0 Å². The van der Waals surface area contributed by atoms with Crippen LogP contribution >= 0.6 is 23.0 Å². The summed E-state index contributed by atoms with van der Waals surface area (Å²) in [5, 5.41) is 5.91. The molecule has 118 valence electrons. The Kier molecular flexibility index (Phi) is 8.39. The van der Waals surface area contributed by atoms with Crippen molar-refractivity contribution in [3.63, 3.8) is 0 Å². The summed E-state index contributed by atoms with van der Waals surface area (Å²) in [4.78, 5) is 56.1. The molecule has 0 bridgehead atoms. The Morgan fingerprint density at radius 1 is 0.842 bits per heavy atom. The standard InChI is InChI=1S/C4H13NO7P2.H3O4P/c5-3-1-2-4(6,13(7,8)9)14(10,11)12;1-5(2,3)4/h6H,1-3,5H2,(H2,7,8,9)(H2,10,11,12);(H3,1,2,3,4). The van der Waals surface area contributed by atoms with Crippen molar-refractivity contribution in [3.05, 3.63) is 0 Å². The Bertz CT molecular complexity index is 374. The molecule has 0 amide bonds. The zero-order valence-corrected chi connectivity index (χ0v) is 12.0. The van der Waals surface area contributed by atoms with Gasteiger partial charge in [-0.2, -0.15) is 0 Å². The molecule has 0 unspecified atom stereocenters. The lowest BCUT2D eigenvalue weighted by molar-refractivity contribution is 0.121. The van der Waals surface area contributed by atoms with Crippen LogP contribution in [0.3, 0.4) is 0 Å². The highest BCUT2D eigenvalue weighted by atomic mass is 31.2. The molecule has 0 atom stereocenters. The Hall–Kier alpha value is 0.330. The van der Waals surface area contributed by atoms with Gasteiger partial charge in [-0.05, 0) is 13.0 Å². The molecule has 0 rings (SSSR count). The van der Waals surface area contributed by atoms with Gasteiger partial charge in [-0.25, -0.2) is 4.57 Å². The highest BCUT2D eigenvalue weighted by molar-refractivity contribution is 7.72. The van der Waals surface area contributed by atoms with E-state index in [2.05, 4.69) is 0 Å². The molecule has 0 fully saturated rings. The van der Waals surface area contributed by atoms with Crippen molar-refractivity contribution in [2.24, 2.45) is 5.73 Å². The van der Waals surface area contributed by atoms with Gasteiger partial charge in [-0.1, -0.05) is 0 Å². The van der Waals surface area contributed by atoms with Crippen LogP contribution in [0.2, 0.25) is 0 Å². The molecule has 0 aliphatic carbocycles. The lowest BCUT2D eigenvalue weighted by Crippen LogP contribution is -2.29. The van der Waals surface area contributed by atoms with Gasteiger partial charge in [-0.3, -0.25) is 9.13 Å². The minimum absolute atomic E-state index is 0.0394. The summed E-state index contributed by atoms with van der Waals surface area (Å²) in [5.41, 5.74) is 5.01. The van der Waals surface area contributed by atoms with Crippen molar-refractivity contribution in [2.75, 3.05) is 6.54 Å². The van der Waals surface area contributed by atoms with E-state index in [4.69, 9.17) is 44.6 Å². The first-order chi connectivity index (χ1) is 8.06. The Morgan fingerprint density at radius 3 is 1.26 bits per heavy atom. The van der Waals surface area contributed by atoms with Crippen molar-refractivity contribution >= 4 is 23.0 Å². The van der Waals surface area contributed by atoms with E-state index in [1.54, 1.807) is 0 Å². The molecular weight excluding hydrogens is 331 g/mol. The normalized spacial score (nSPS) is 13.7. The van der Waals surface area contributed by atoms with Gasteiger partial charge >= 0.3 is 23.0 Å².